The summed E-state index contributed by atoms with van der Waals surface area (Å²) in [6.45, 7) is 4.08. The lowest BCUT2D eigenvalue weighted by atomic mass is 10.7. The number of esters is 1. The topological polar surface area (TPSA) is 43.4 Å². The molecule has 0 aromatic rings. The Morgan fingerprint density at radius 3 is 2.58 bits per heavy atom. The Labute approximate surface area is 70.9 Å². The van der Waals surface area contributed by atoms with Crippen LogP contribution in [0, 0.1) is 0 Å². The van der Waals surface area contributed by atoms with Crippen LogP contribution in [-0.2, 0) is 20.3 Å². The molecule has 3 nitrogen and oxygen atoms in total. The van der Waals surface area contributed by atoms with Gasteiger partial charge in [-0.15, -0.1) is 0 Å². The third-order valence-corrected chi connectivity index (χ3v) is 1.89. The zero-order chi connectivity index (χ0) is 9.78. The minimum Gasteiger partial charge on any atom is -0.461 e. The molecular weight excluding hydrogens is 190 g/mol. The van der Waals surface area contributed by atoms with Crippen LogP contribution in [0.25, 0.3) is 0 Å². The maximum Gasteiger partial charge on any atom is 0.419 e. The Morgan fingerprint density at radius 1 is 1.75 bits per heavy atom. The molecule has 0 aromatic heterocycles. The summed E-state index contributed by atoms with van der Waals surface area (Å²) in [7, 11) is -2.71. The standard InChI is InChI=1S/C6H8F2O3S/c1-3-11-5(9)6(7,8)12(10)4-2/h4H,2-3H2,1H3. The summed E-state index contributed by atoms with van der Waals surface area (Å²) in [5.41, 5.74) is 0. The highest BCUT2D eigenvalue weighted by Gasteiger charge is 2.46. The largest absolute Gasteiger partial charge is 0.461 e. The first-order valence-electron chi connectivity index (χ1n) is 3.05. The van der Waals surface area contributed by atoms with Gasteiger partial charge in [-0.2, -0.15) is 8.78 Å². The lowest BCUT2D eigenvalue weighted by molar-refractivity contribution is -0.159. The van der Waals surface area contributed by atoms with Crippen molar-refractivity contribution in [3.8, 4) is 0 Å². The van der Waals surface area contributed by atoms with Crippen LogP contribution in [0.5, 0.6) is 0 Å². The zero-order valence-electron chi connectivity index (χ0n) is 6.38. The van der Waals surface area contributed by atoms with Gasteiger partial charge in [0.2, 0.25) is 0 Å². The van der Waals surface area contributed by atoms with Gasteiger partial charge >= 0.3 is 11.2 Å². The molecular formula is C6H8F2O3S. The van der Waals surface area contributed by atoms with Gasteiger partial charge in [0.15, 0.2) is 0 Å². The van der Waals surface area contributed by atoms with E-state index < -0.39 is 22.0 Å². The second kappa shape index (κ2) is 4.30. The molecule has 0 aliphatic carbocycles. The maximum absolute atomic E-state index is 12.6. The van der Waals surface area contributed by atoms with Gasteiger partial charge < -0.3 is 4.74 Å². The Morgan fingerprint density at radius 2 is 2.25 bits per heavy atom. The second-order valence-electron chi connectivity index (χ2n) is 1.70. The van der Waals surface area contributed by atoms with Gasteiger partial charge in [0.05, 0.1) is 6.61 Å². The molecule has 0 aromatic carbocycles. The van der Waals surface area contributed by atoms with Crippen molar-refractivity contribution in [1.82, 2.24) is 0 Å². The molecule has 0 bridgehead atoms. The summed E-state index contributed by atoms with van der Waals surface area (Å²) in [6.07, 6.45) is 0. The zero-order valence-corrected chi connectivity index (χ0v) is 7.20. The minimum atomic E-state index is -3.99. The number of alkyl halides is 2. The lowest BCUT2D eigenvalue weighted by Gasteiger charge is -2.10. The number of ether oxygens (including phenoxy) is 1. The molecule has 12 heavy (non-hydrogen) atoms. The van der Waals surface area contributed by atoms with Crippen LogP contribution in [0.4, 0.5) is 8.78 Å². The summed E-state index contributed by atoms with van der Waals surface area (Å²) in [5.74, 6) is -1.79. The molecule has 1 unspecified atom stereocenters. The van der Waals surface area contributed by atoms with Crippen LogP contribution >= 0.6 is 0 Å². The van der Waals surface area contributed by atoms with Crippen molar-refractivity contribution in [2.75, 3.05) is 6.61 Å². The highest BCUT2D eigenvalue weighted by atomic mass is 32.2. The van der Waals surface area contributed by atoms with Crippen LogP contribution in [-0.4, -0.2) is 22.0 Å². The predicted molar refractivity (Wildman–Crippen MR) is 39.9 cm³/mol. The molecule has 0 rings (SSSR count). The lowest BCUT2D eigenvalue weighted by Crippen LogP contribution is -2.34. The normalized spacial score (nSPS) is 13.6. The molecule has 0 aliphatic rings. The number of carbonyl (C=O) groups is 1. The summed E-state index contributed by atoms with van der Waals surface area (Å²) < 4.78 is 39.6. The molecule has 0 radical (unpaired) electrons. The monoisotopic (exact) mass is 198 g/mol. The number of rotatable bonds is 4. The molecule has 0 N–H and O–H groups in total. The van der Waals surface area contributed by atoms with E-state index in [0.717, 1.165) is 0 Å². The molecule has 0 heterocycles. The van der Waals surface area contributed by atoms with Gasteiger partial charge in [0.1, 0.15) is 10.8 Å². The number of carbonyl (C=O) groups excluding carboxylic acids is 1. The second-order valence-corrected chi connectivity index (χ2v) is 3.14. The van der Waals surface area contributed by atoms with E-state index in [2.05, 4.69) is 11.3 Å². The smallest absolute Gasteiger partial charge is 0.419 e. The van der Waals surface area contributed by atoms with Gasteiger partial charge in [-0.25, -0.2) is 9.00 Å². The van der Waals surface area contributed by atoms with E-state index >= 15 is 0 Å². The number of halogens is 2. The van der Waals surface area contributed by atoms with E-state index in [1.807, 2.05) is 0 Å². The number of hydrogen-bond acceptors (Lipinski definition) is 3. The van der Waals surface area contributed by atoms with E-state index in [0.29, 0.717) is 5.41 Å². The highest BCUT2D eigenvalue weighted by molar-refractivity contribution is 7.89. The van der Waals surface area contributed by atoms with Crippen LogP contribution in [0.1, 0.15) is 6.92 Å². The Balaban J connectivity index is 4.48. The minimum absolute atomic E-state index is 0.178. The van der Waals surface area contributed by atoms with E-state index in [9.17, 15) is 17.8 Å². The first kappa shape index (κ1) is 11.2. The van der Waals surface area contributed by atoms with E-state index in [-0.39, 0.29) is 6.61 Å². The molecule has 0 amide bonds. The summed E-state index contributed by atoms with van der Waals surface area (Å²) in [6, 6.07) is 0. The first-order chi connectivity index (χ1) is 5.46. The van der Waals surface area contributed by atoms with Crippen LogP contribution in [0.2, 0.25) is 0 Å². The maximum atomic E-state index is 12.6. The van der Waals surface area contributed by atoms with Crippen molar-refractivity contribution >= 4 is 16.8 Å². The average Bonchev–Trinajstić information content (AvgIpc) is 2.03. The molecule has 1 atom stereocenters. The highest BCUT2D eigenvalue weighted by Crippen LogP contribution is 2.20. The summed E-state index contributed by atoms with van der Waals surface area (Å²) in [4.78, 5) is 10.5. The van der Waals surface area contributed by atoms with Crippen molar-refractivity contribution < 1.29 is 22.5 Å². The third-order valence-electron chi connectivity index (χ3n) is 0.917. The van der Waals surface area contributed by atoms with Gasteiger partial charge in [0, 0.05) is 5.41 Å². The van der Waals surface area contributed by atoms with Crippen molar-refractivity contribution in [2.24, 2.45) is 0 Å². The first-order valence-corrected chi connectivity index (χ1v) is 4.26. The summed E-state index contributed by atoms with van der Waals surface area (Å²) >= 11 is 0. The van der Waals surface area contributed by atoms with Crippen LogP contribution in [0.3, 0.4) is 0 Å². The van der Waals surface area contributed by atoms with Crippen molar-refractivity contribution in [1.29, 1.82) is 0 Å². The van der Waals surface area contributed by atoms with Crippen LogP contribution < -0.4 is 0 Å². The van der Waals surface area contributed by atoms with E-state index in [1.54, 1.807) is 0 Å². The quantitative estimate of drug-likeness (QED) is 0.634. The molecule has 0 fully saturated rings. The molecule has 0 aliphatic heterocycles. The molecule has 70 valence electrons. The van der Waals surface area contributed by atoms with Crippen molar-refractivity contribution in [2.45, 2.75) is 12.2 Å². The Bertz CT molecular complexity index is 215. The van der Waals surface area contributed by atoms with Gasteiger partial charge in [-0.05, 0) is 6.92 Å². The van der Waals surface area contributed by atoms with E-state index in [1.165, 1.54) is 6.92 Å². The SMILES string of the molecule is C=CS(=O)C(F)(F)C(=O)OCC. The fourth-order valence-electron chi connectivity index (χ4n) is 0.402. The van der Waals surface area contributed by atoms with Crippen LogP contribution in [0.15, 0.2) is 12.0 Å². The fraction of sp³-hybridized carbons (Fsp3) is 0.500. The van der Waals surface area contributed by atoms with E-state index in [4.69, 9.17) is 0 Å². The third kappa shape index (κ3) is 2.37. The Kier molecular flexibility index (Phi) is 4.02. The fourth-order valence-corrected chi connectivity index (χ4v) is 0.834. The van der Waals surface area contributed by atoms with Gasteiger partial charge in [0.25, 0.3) is 0 Å². The predicted octanol–water partition coefficient (Wildman–Crippen LogP) is 1.03. The molecule has 0 saturated carbocycles. The summed E-state index contributed by atoms with van der Waals surface area (Å²) in [5, 5.41) is -3.49. The average molecular weight is 198 g/mol. The van der Waals surface area contributed by atoms with Crippen molar-refractivity contribution in [3.05, 3.63) is 12.0 Å². The van der Waals surface area contributed by atoms with Gasteiger partial charge in [-0.1, -0.05) is 6.58 Å². The molecule has 0 spiro atoms. The molecule has 0 saturated heterocycles. The van der Waals surface area contributed by atoms with Crippen molar-refractivity contribution in [3.63, 3.8) is 0 Å². The Hall–Kier alpha value is -0.780. The number of hydrogen-bond donors (Lipinski definition) is 0. The van der Waals surface area contributed by atoms with Gasteiger partial charge in [-0.3, -0.25) is 0 Å². The molecule has 6 heteroatoms.